The Hall–Kier alpha value is -2.56. The number of amides is 1. The van der Waals surface area contributed by atoms with Crippen LogP contribution < -0.4 is 0 Å². The van der Waals surface area contributed by atoms with Crippen molar-refractivity contribution in [3.63, 3.8) is 0 Å². The highest BCUT2D eigenvalue weighted by atomic mass is 19.1. The number of rotatable bonds is 4. The van der Waals surface area contributed by atoms with Gasteiger partial charge in [0.1, 0.15) is 17.3 Å². The number of likely N-dealkylation sites (N-methyl/N-ethyl adjacent to an activating group) is 1. The molecule has 0 unspecified atom stereocenters. The first kappa shape index (κ1) is 15.3. The molecule has 2 heterocycles. The first-order valence-electron chi connectivity index (χ1n) is 7.50. The van der Waals surface area contributed by atoms with Crippen LogP contribution in [0.4, 0.5) is 4.39 Å². The Morgan fingerprint density at radius 3 is 2.74 bits per heavy atom. The van der Waals surface area contributed by atoms with Crippen molar-refractivity contribution in [2.45, 2.75) is 26.8 Å². The summed E-state index contributed by atoms with van der Waals surface area (Å²) in [7, 11) is 1.74. The molecule has 0 aliphatic rings. The highest BCUT2D eigenvalue weighted by molar-refractivity contribution is 5.90. The molecule has 0 aliphatic heterocycles. The molecule has 0 radical (unpaired) electrons. The summed E-state index contributed by atoms with van der Waals surface area (Å²) in [6.45, 7) is 4.19. The Bertz CT molecular complexity index is 863. The van der Waals surface area contributed by atoms with Crippen LogP contribution in [0.5, 0.6) is 0 Å². The zero-order valence-corrected chi connectivity index (χ0v) is 13.4. The highest BCUT2D eigenvalue weighted by Gasteiger charge is 2.17. The van der Waals surface area contributed by atoms with Crippen LogP contribution >= 0.6 is 0 Å². The number of carbonyl (C=O) groups excluding carboxylic acids is 1. The van der Waals surface area contributed by atoms with E-state index in [9.17, 15) is 9.18 Å². The molecule has 4 nitrogen and oxygen atoms in total. The second-order valence-corrected chi connectivity index (χ2v) is 5.86. The summed E-state index contributed by atoms with van der Waals surface area (Å²) in [5, 5.41) is 0.762. The third kappa shape index (κ3) is 3.13. The van der Waals surface area contributed by atoms with Gasteiger partial charge in [0.2, 0.25) is 5.91 Å². The SMILES string of the molecule is Cc1ccc(CN(C)C(=O)Cc2c(C)[nH]c3ccc(F)cc23)o1. The van der Waals surface area contributed by atoms with Crippen molar-refractivity contribution in [2.75, 3.05) is 7.05 Å². The summed E-state index contributed by atoms with van der Waals surface area (Å²) in [5.41, 5.74) is 2.57. The van der Waals surface area contributed by atoms with Crippen LogP contribution in [0.15, 0.2) is 34.7 Å². The molecule has 1 N–H and O–H groups in total. The third-order valence-corrected chi connectivity index (χ3v) is 4.02. The van der Waals surface area contributed by atoms with Gasteiger partial charge in [0.05, 0.1) is 13.0 Å². The van der Waals surface area contributed by atoms with Gasteiger partial charge in [-0.05, 0) is 49.7 Å². The minimum atomic E-state index is -0.301. The average molecular weight is 314 g/mol. The summed E-state index contributed by atoms with van der Waals surface area (Å²) < 4.78 is 19.0. The zero-order valence-electron chi connectivity index (χ0n) is 13.4. The molecular weight excluding hydrogens is 295 g/mol. The molecule has 0 saturated carbocycles. The van der Waals surface area contributed by atoms with Crippen molar-refractivity contribution in [1.82, 2.24) is 9.88 Å². The fraction of sp³-hybridized carbons (Fsp3) is 0.278. The lowest BCUT2D eigenvalue weighted by Gasteiger charge is -2.16. The van der Waals surface area contributed by atoms with Crippen molar-refractivity contribution >= 4 is 16.8 Å². The van der Waals surface area contributed by atoms with Gasteiger partial charge in [0.25, 0.3) is 0 Å². The second-order valence-electron chi connectivity index (χ2n) is 5.86. The third-order valence-electron chi connectivity index (χ3n) is 4.02. The Morgan fingerprint density at radius 1 is 1.26 bits per heavy atom. The van der Waals surface area contributed by atoms with Crippen molar-refractivity contribution < 1.29 is 13.6 Å². The normalized spacial score (nSPS) is 11.1. The molecule has 23 heavy (non-hydrogen) atoms. The van der Waals surface area contributed by atoms with Gasteiger partial charge >= 0.3 is 0 Å². The van der Waals surface area contributed by atoms with Crippen molar-refractivity contribution in [3.8, 4) is 0 Å². The fourth-order valence-corrected chi connectivity index (χ4v) is 2.76. The van der Waals surface area contributed by atoms with E-state index >= 15 is 0 Å². The van der Waals surface area contributed by atoms with Crippen LogP contribution in [-0.4, -0.2) is 22.8 Å². The van der Waals surface area contributed by atoms with Gasteiger partial charge < -0.3 is 14.3 Å². The van der Waals surface area contributed by atoms with Crippen molar-refractivity contribution in [2.24, 2.45) is 0 Å². The number of carbonyl (C=O) groups is 1. The summed E-state index contributed by atoms with van der Waals surface area (Å²) in [5.74, 6) is 1.24. The second kappa shape index (κ2) is 5.91. The van der Waals surface area contributed by atoms with E-state index in [1.807, 2.05) is 26.0 Å². The van der Waals surface area contributed by atoms with Crippen LogP contribution in [0.25, 0.3) is 10.9 Å². The molecule has 3 rings (SSSR count). The Balaban J connectivity index is 1.79. The van der Waals surface area contributed by atoms with Crippen molar-refractivity contribution in [1.29, 1.82) is 0 Å². The standard InChI is InChI=1S/C18H19FN2O2/c1-11-4-6-14(23-11)10-21(3)18(22)9-15-12(2)20-17-7-5-13(19)8-16(15)17/h4-8,20H,9-10H2,1-3H3. The molecule has 1 amide bonds. The van der Waals surface area contributed by atoms with E-state index in [-0.39, 0.29) is 18.1 Å². The fourth-order valence-electron chi connectivity index (χ4n) is 2.76. The predicted octanol–water partition coefficient (Wildman–Crippen LogP) is 3.72. The maximum atomic E-state index is 13.5. The zero-order chi connectivity index (χ0) is 16.6. The lowest BCUT2D eigenvalue weighted by atomic mass is 10.1. The van der Waals surface area contributed by atoms with Gasteiger partial charge in [-0.2, -0.15) is 0 Å². The molecule has 0 atom stereocenters. The molecule has 5 heteroatoms. The minimum absolute atomic E-state index is 0.0349. The van der Waals surface area contributed by atoms with E-state index < -0.39 is 0 Å². The van der Waals surface area contributed by atoms with Gasteiger partial charge in [0, 0.05) is 23.6 Å². The summed E-state index contributed by atoms with van der Waals surface area (Å²) in [6, 6.07) is 8.32. The number of H-pyrrole nitrogens is 1. The van der Waals surface area contributed by atoms with Crippen LogP contribution in [-0.2, 0) is 17.8 Å². The quantitative estimate of drug-likeness (QED) is 0.798. The molecule has 0 aliphatic carbocycles. The largest absolute Gasteiger partial charge is 0.464 e. The number of halogens is 1. The van der Waals surface area contributed by atoms with Crippen LogP contribution in [0.2, 0.25) is 0 Å². The average Bonchev–Trinajstić information content (AvgIpc) is 3.03. The van der Waals surface area contributed by atoms with E-state index in [0.29, 0.717) is 6.54 Å². The number of nitrogens with zero attached hydrogens (tertiary/aromatic N) is 1. The highest BCUT2D eigenvalue weighted by Crippen LogP contribution is 2.24. The van der Waals surface area contributed by atoms with E-state index in [1.165, 1.54) is 12.1 Å². The van der Waals surface area contributed by atoms with Gasteiger partial charge in [-0.15, -0.1) is 0 Å². The molecule has 1 aromatic carbocycles. The predicted molar refractivity (Wildman–Crippen MR) is 86.6 cm³/mol. The number of aromatic amines is 1. The molecule has 2 aromatic heterocycles. The molecule has 0 spiro atoms. The molecule has 3 aromatic rings. The monoisotopic (exact) mass is 314 g/mol. The van der Waals surface area contributed by atoms with Crippen molar-refractivity contribution in [3.05, 3.63) is 58.9 Å². The van der Waals surface area contributed by atoms with Crippen LogP contribution in [0, 0.1) is 19.7 Å². The summed E-state index contributed by atoms with van der Waals surface area (Å²) in [4.78, 5) is 17.3. The smallest absolute Gasteiger partial charge is 0.227 e. The topological polar surface area (TPSA) is 49.2 Å². The lowest BCUT2D eigenvalue weighted by molar-refractivity contribution is -0.129. The maximum absolute atomic E-state index is 13.5. The Morgan fingerprint density at radius 2 is 2.04 bits per heavy atom. The number of aryl methyl sites for hydroxylation is 2. The van der Waals surface area contributed by atoms with Crippen LogP contribution in [0.1, 0.15) is 22.8 Å². The Labute approximate surface area is 133 Å². The molecule has 0 saturated heterocycles. The number of benzene rings is 1. The van der Waals surface area contributed by atoms with E-state index in [2.05, 4.69) is 4.98 Å². The van der Waals surface area contributed by atoms with E-state index in [1.54, 1.807) is 18.0 Å². The molecule has 120 valence electrons. The number of hydrogen-bond donors (Lipinski definition) is 1. The first-order chi connectivity index (χ1) is 10.9. The summed E-state index contributed by atoms with van der Waals surface area (Å²) in [6.07, 6.45) is 0.228. The number of furan rings is 1. The van der Waals surface area contributed by atoms with E-state index in [0.717, 1.165) is 33.7 Å². The Kier molecular flexibility index (Phi) is 3.94. The van der Waals surface area contributed by atoms with Gasteiger partial charge in [-0.3, -0.25) is 4.79 Å². The van der Waals surface area contributed by atoms with Gasteiger partial charge in [-0.1, -0.05) is 0 Å². The number of aromatic nitrogens is 1. The maximum Gasteiger partial charge on any atom is 0.227 e. The molecule has 0 bridgehead atoms. The first-order valence-corrected chi connectivity index (χ1v) is 7.50. The molecule has 0 fully saturated rings. The van der Waals surface area contributed by atoms with Gasteiger partial charge in [0.15, 0.2) is 0 Å². The van der Waals surface area contributed by atoms with Crippen LogP contribution in [0.3, 0.4) is 0 Å². The van der Waals surface area contributed by atoms with E-state index in [4.69, 9.17) is 4.42 Å². The minimum Gasteiger partial charge on any atom is -0.464 e. The summed E-state index contributed by atoms with van der Waals surface area (Å²) >= 11 is 0. The molecular formula is C18H19FN2O2. The number of hydrogen-bond acceptors (Lipinski definition) is 2. The lowest BCUT2D eigenvalue weighted by Crippen LogP contribution is -2.27. The number of fused-ring (bicyclic) bond motifs is 1. The number of nitrogens with one attached hydrogen (secondary N) is 1. The van der Waals surface area contributed by atoms with Gasteiger partial charge in [-0.25, -0.2) is 4.39 Å².